The maximum Gasteiger partial charge on any atom is 0.0291 e. The number of unbranched alkanes of at least 4 members (excludes halogenated alkanes) is 3. The summed E-state index contributed by atoms with van der Waals surface area (Å²) in [5.74, 6) is 0. The van der Waals surface area contributed by atoms with E-state index in [0.29, 0.717) is 12.1 Å². The highest BCUT2D eigenvalue weighted by molar-refractivity contribution is 5.18. The van der Waals surface area contributed by atoms with Gasteiger partial charge in [0.2, 0.25) is 0 Å². The second kappa shape index (κ2) is 11.0. The molecule has 0 saturated carbocycles. The molecule has 0 aromatic heterocycles. The van der Waals surface area contributed by atoms with E-state index in [1.807, 2.05) is 0 Å². The summed E-state index contributed by atoms with van der Waals surface area (Å²) in [6.07, 6.45) is 5.11. The van der Waals surface area contributed by atoms with Crippen LogP contribution in [0.4, 0.5) is 0 Å². The third-order valence-electron chi connectivity index (χ3n) is 4.60. The Bertz CT molecular complexity index is 487. The van der Waals surface area contributed by atoms with Crippen LogP contribution in [0.2, 0.25) is 0 Å². The normalized spacial score (nSPS) is 13.6. The maximum atomic E-state index is 3.61. The van der Waals surface area contributed by atoms with Crippen LogP contribution < -0.4 is 10.6 Å². The lowest BCUT2D eigenvalue weighted by atomic mass is 10.1. The molecule has 0 aliphatic rings. The third kappa shape index (κ3) is 6.86. The lowest BCUT2D eigenvalue weighted by molar-refractivity contribution is 0.509. The molecule has 130 valence electrons. The quantitative estimate of drug-likeness (QED) is 0.552. The van der Waals surface area contributed by atoms with Gasteiger partial charge in [-0.3, -0.25) is 0 Å². The van der Waals surface area contributed by atoms with E-state index in [-0.39, 0.29) is 0 Å². The van der Waals surface area contributed by atoms with E-state index in [4.69, 9.17) is 0 Å². The number of hydrogen-bond acceptors (Lipinski definition) is 2. The van der Waals surface area contributed by atoms with Gasteiger partial charge in [-0.2, -0.15) is 0 Å². The Morgan fingerprint density at radius 1 is 0.583 bits per heavy atom. The molecule has 2 aromatic carbocycles. The summed E-state index contributed by atoms with van der Waals surface area (Å²) in [4.78, 5) is 0. The van der Waals surface area contributed by atoms with Crippen molar-refractivity contribution in [3.63, 3.8) is 0 Å². The molecule has 2 aromatic rings. The van der Waals surface area contributed by atoms with Crippen LogP contribution in [0.5, 0.6) is 0 Å². The SMILES string of the molecule is CC(NCCCCCCNC(C)c1ccccc1)c1ccccc1. The highest BCUT2D eigenvalue weighted by Crippen LogP contribution is 2.12. The van der Waals surface area contributed by atoms with Crippen LogP contribution in [-0.2, 0) is 0 Å². The summed E-state index contributed by atoms with van der Waals surface area (Å²) in [7, 11) is 0. The summed E-state index contributed by atoms with van der Waals surface area (Å²) < 4.78 is 0. The van der Waals surface area contributed by atoms with Gasteiger partial charge in [-0.05, 0) is 50.9 Å². The molecule has 2 unspecified atom stereocenters. The number of hydrogen-bond donors (Lipinski definition) is 2. The molecule has 0 radical (unpaired) electrons. The molecule has 0 amide bonds. The van der Waals surface area contributed by atoms with Gasteiger partial charge in [0, 0.05) is 12.1 Å². The first-order valence-corrected chi connectivity index (χ1v) is 9.34. The minimum atomic E-state index is 0.444. The molecule has 0 saturated heterocycles. The van der Waals surface area contributed by atoms with Crippen LogP contribution in [0.25, 0.3) is 0 Å². The molecule has 2 heteroatoms. The predicted molar refractivity (Wildman–Crippen MR) is 104 cm³/mol. The molecule has 2 rings (SSSR count). The van der Waals surface area contributed by atoms with Crippen LogP contribution in [0.3, 0.4) is 0 Å². The van der Waals surface area contributed by atoms with E-state index < -0.39 is 0 Å². The Labute approximate surface area is 147 Å². The Morgan fingerprint density at radius 2 is 0.958 bits per heavy atom. The summed E-state index contributed by atoms with van der Waals surface area (Å²) in [6.45, 7) is 6.68. The van der Waals surface area contributed by atoms with Gasteiger partial charge in [-0.15, -0.1) is 0 Å². The fourth-order valence-corrected chi connectivity index (χ4v) is 2.96. The molecule has 2 nitrogen and oxygen atoms in total. The van der Waals surface area contributed by atoms with Gasteiger partial charge in [0.25, 0.3) is 0 Å². The van der Waals surface area contributed by atoms with E-state index in [2.05, 4.69) is 85.1 Å². The monoisotopic (exact) mass is 324 g/mol. The first-order valence-electron chi connectivity index (χ1n) is 9.34. The number of rotatable bonds is 11. The Morgan fingerprint density at radius 3 is 1.33 bits per heavy atom. The summed E-state index contributed by atoms with van der Waals surface area (Å²) >= 11 is 0. The number of benzene rings is 2. The standard InChI is InChI=1S/C22H32N2/c1-19(21-13-7-5-8-14-21)23-17-11-3-4-12-18-24-20(2)22-15-9-6-10-16-22/h5-10,13-16,19-20,23-24H,3-4,11-12,17-18H2,1-2H3. The van der Waals surface area contributed by atoms with E-state index in [0.717, 1.165) is 13.1 Å². The van der Waals surface area contributed by atoms with Crippen LogP contribution in [0, 0.1) is 0 Å². The molecule has 0 aliphatic heterocycles. The van der Waals surface area contributed by atoms with Crippen molar-refractivity contribution in [3.8, 4) is 0 Å². The average Bonchev–Trinajstić information content (AvgIpc) is 2.65. The summed E-state index contributed by atoms with van der Waals surface area (Å²) in [6, 6.07) is 22.2. The molecule has 24 heavy (non-hydrogen) atoms. The molecule has 0 bridgehead atoms. The van der Waals surface area contributed by atoms with Crippen molar-refractivity contribution < 1.29 is 0 Å². The zero-order valence-electron chi connectivity index (χ0n) is 15.2. The van der Waals surface area contributed by atoms with Gasteiger partial charge in [0.1, 0.15) is 0 Å². The maximum absolute atomic E-state index is 3.61. The smallest absolute Gasteiger partial charge is 0.0291 e. The first kappa shape index (κ1) is 18.7. The largest absolute Gasteiger partial charge is 0.310 e. The van der Waals surface area contributed by atoms with E-state index in [1.54, 1.807) is 0 Å². The molecule has 0 aliphatic carbocycles. The number of nitrogens with one attached hydrogen (secondary N) is 2. The summed E-state index contributed by atoms with van der Waals surface area (Å²) in [5.41, 5.74) is 2.74. The average molecular weight is 325 g/mol. The van der Waals surface area contributed by atoms with Gasteiger partial charge in [0.05, 0.1) is 0 Å². The van der Waals surface area contributed by atoms with Crippen LogP contribution >= 0.6 is 0 Å². The second-order valence-corrected chi connectivity index (χ2v) is 6.59. The van der Waals surface area contributed by atoms with E-state index >= 15 is 0 Å². The van der Waals surface area contributed by atoms with Gasteiger partial charge >= 0.3 is 0 Å². The molecule has 2 atom stereocenters. The lowest BCUT2D eigenvalue weighted by Crippen LogP contribution is -2.20. The van der Waals surface area contributed by atoms with Crippen LogP contribution in [-0.4, -0.2) is 13.1 Å². The van der Waals surface area contributed by atoms with Crippen molar-refractivity contribution >= 4 is 0 Å². The topological polar surface area (TPSA) is 24.1 Å². The van der Waals surface area contributed by atoms with Gasteiger partial charge in [0.15, 0.2) is 0 Å². The minimum absolute atomic E-state index is 0.444. The zero-order valence-corrected chi connectivity index (χ0v) is 15.2. The zero-order chi connectivity index (χ0) is 17.0. The Hall–Kier alpha value is -1.64. The Kier molecular flexibility index (Phi) is 8.58. The minimum Gasteiger partial charge on any atom is -0.310 e. The van der Waals surface area contributed by atoms with Crippen molar-refractivity contribution in [1.29, 1.82) is 0 Å². The lowest BCUT2D eigenvalue weighted by Gasteiger charge is -2.15. The van der Waals surface area contributed by atoms with E-state index in [9.17, 15) is 0 Å². The fraction of sp³-hybridized carbons (Fsp3) is 0.455. The van der Waals surface area contributed by atoms with Crippen molar-refractivity contribution in [3.05, 3.63) is 71.8 Å². The Balaban J connectivity index is 1.47. The van der Waals surface area contributed by atoms with Crippen molar-refractivity contribution in [2.75, 3.05) is 13.1 Å². The van der Waals surface area contributed by atoms with Gasteiger partial charge < -0.3 is 10.6 Å². The van der Waals surface area contributed by atoms with E-state index in [1.165, 1.54) is 36.8 Å². The van der Waals surface area contributed by atoms with Crippen LogP contribution in [0.15, 0.2) is 60.7 Å². The highest BCUT2D eigenvalue weighted by atomic mass is 14.9. The third-order valence-corrected chi connectivity index (χ3v) is 4.60. The second-order valence-electron chi connectivity index (χ2n) is 6.59. The molecule has 2 N–H and O–H groups in total. The molecule has 0 heterocycles. The summed E-state index contributed by atoms with van der Waals surface area (Å²) in [5, 5.41) is 7.23. The molecular formula is C22H32N2. The van der Waals surface area contributed by atoms with Crippen molar-refractivity contribution in [2.45, 2.75) is 51.6 Å². The predicted octanol–water partition coefficient (Wildman–Crippen LogP) is 5.25. The van der Waals surface area contributed by atoms with Gasteiger partial charge in [-0.1, -0.05) is 73.5 Å². The highest BCUT2D eigenvalue weighted by Gasteiger charge is 2.04. The van der Waals surface area contributed by atoms with Crippen LogP contribution in [0.1, 0.15) is 62.7 Å². The van der Waals surface area contributed by atoms with Crippen molar-refractivity contribution in [2.24, 2.45) is 0 Å². The first-order chi connectivity index (χ1) is 11.8. The molecule has 0 fully saturated rings. The van der Waals surface area contributed by atoms with Gasteiger partial charge in [-0.25, -0.2) is 0 Å². The molecular weight excluding hydrogens is 292 g/mol. The van der Waals surface area contributed by atoms with Crippen molar-refractivity contribution in [1.82, 2.24) is 10.6 Å². The fourth-order valence-electron chi connectivity index (χ4n) is 2.96. The molecule has 0 spiro atoms.